The molecule has 0 amide bonds. The smallest absolute Gasteiger partial charge is 0.173 e. The molecular formula is C16H19BrFN3. The number of halogens is 2. The molecule has 0 radical (unpaired) electrons. The monoisotopic (exact) mass is 351 g/mol. The topological polar surface area (TPSA) is 20.5 Å². The molecule has 0 aromatic carbocycles. The Morgan fingerprint density at radius 3 is 2.67 bits per heavy atom. The zero-order valence-corrected chi connectivity index (χ0v) is 13.7. The number of hydrogen-bond donors (Lipinski definition) is 0. The summed E-state index contributed by atoms with van der Waals surface area (Å²) in [7, 11) is 0. The van der Waals surface area contributed by atoms with Crippen molar-refractivity contribution in [1.82, 2.24) is 14.3 Å². The van der Waals surface area contributed by atoms with Gasteiger partial charge in [0.25, 0.3) is 0 Å². The lowest BCUT2D eigenvalue weighted by Crippen LogP contribution is -2.40. The Morgan fingerprint density at radius 2 is 2.00 bits per heavy atom. The van der Waals surface area contributed by atoms with Gasteiger partial charge in [-0.3, -0.25) is 4.90 Å². The second kappa shape index (κ2) is 4.78. The van der Waals surface area contributed by atoms with Crippen molar-refractivity contribution < 1.29 is 4.39 Å². The number of pyridine rings is 1. The highest BCUT2D eigenvalue weighted by molar-refractivity contribution is 9.10. The van der Waals surface area contributed by atoms with Gasteiger partial charge in [0.1, 0.15) is 0 Å². The average Bonchev–Trinajstić information content (AvgIpc) is 3.06. The van der Waals surface area contributed by atoms with Crippen molar-refractivity contribution in [2.45, 2.75) is 44.1 Å². The fourth-order valence-corrected chi connectivity index (χ4v) is 3.87. The Kier molecular flexibility index (Phi) is 3.12. The number of hydrogen-bond acceptors (Lipinski definition) is 2. The molecule has 1 aliphatic carbocycles. The Hall–Kier alpha value is -0.940. The molecule has 0 spiro atoms. The maximum atomic E-state index is 13.9. The quantitative estimate of drug-likeness (QED) is 0.815. The molecular weight excluding hydrogens is 333 g/mol. The Morgan fingerprint density at radius 1 is 1.29 bits per heavy atom. The van der Waals surface area contributed by atoms with Crippen LogP contribution in [0.4, 0.5) is 4.39 Å². The van der Waals surface area contributed by atoms with Crippen molar-refractivity contribution >= 4 is 21.6 Å². The van der Waals surface area contributed by atoms with Crippen LogP contribution in [-0.4, -0.2) is 32.9 Å². The van der Waals surface area contributed by atoms with Gasteiger partial charge in [-0.15, -0.1) is 0 Å². The van der Waals surface area contributed by atoms with Crippen molar-refractivity contribution in [3.63, 3.8) is 0 Å². The SMILES string of the molecule is CC1(N2CCC(c3cn4cc(Br)cc(F)c4n3)CC2)CC1. The van der Waals surface area contributed by atoms with Crippen LogP contribution < -0.4 is 0 Å². The third kappa shape index (κ3) is 2.40. The van der Waals surface area contributed by atoms with E-state index in [1.54, 1.807) is 4.40 Å². The minimum atomic E-state index is -0.265. The summed E-state index contributed by atoms with van der Waals surface area (Å²) in [5.41, 5.74) is 1.94. The third-order valence-electron chi connectivity index (χ3n) is 5.14. The highest BCUT2D eigenvalue weighted by Crippen LogP contribution is 2.43. The van der Waals surface area contributed by atoms with Gasteiger partial charge in [0.15, 0.2) is 11.5 Å². The first-order valence-corrected chi connectivity index (χ1v) is 8.43. The molecule has 2 aliphatic rings. The molecule has 0 bridgehead atoms. The van der Waals surface area contributed by atoms with Crippen LogP contribution in [0.3, 0.4) is 0 Å². The normalized spacial score (nSPS) is 22.8. The molecule has 112 valence electrons. The molecule has 21 heavy (non-hydrogen) atoms. The van der Waals surface area contributed by atoms with E-state index < -0.39 is 0 Å². The van der Waals surface area contributed by atoms with Crippen LogP contribution in [0.5, 0.6) is 0 Å². The van der Waals surface area contributed by atoms with E-state index >= 15 is 0 Å². The summed E-state index contributed by atoms with van der Waals surface area (Å²) in [5.74, 6) is 0.195. The fourth-order valence-electron chi connectivity index (χ4n) is 3.45. The molecule has 2 fully saturated rings. The first-order chi connectivity index (χ1) is 10.0. The van der Waals surface area contributed by atoms with Crippen molar-refractivity contribution in [3.05, 3.63) is 34.4 Å². The van der Waals surface area contributed by atoms with Crippen LogP contribution in [0.15, 0.2) is 22.9 Å². The summed E-state index contributed by atoms with van der Waals surface area (Å²) in [5, 5.41) is 0. The molecule has 1 saturated carbocycles. The summed E-state index contributed by atoms with van der Waals surface area (Å²) in [4.78, 5) is 7.15. The maximum absolute atomic E-state index is 13.9. The second-order valence-electron chi connectivity index (χ2n) is 6.66. The van der Waals surface area contributed by atoms with Gasteiger partial charge in [-0.25, -0.2) is 9.37 Å². The van der Waals surface area contributed by atoms with E-state index in [9.17, 15) is 4.39 Å². The zero-order chi connectivity index (χ0) is 14.6. The predicted molar refractivity (Wildman–Crippen MR) is 84.0 cm³/mol. The zero-order valence-electron chi connectivity index (χ0n) is 12.1. The van der Waals surface area contributed by atoms with Crippen molar-refractivity contribution in [3.8, 4) is 0 Å². The predicted octanol–water partition coefficient (Wildman–Crippen LogP) is 3.97. The summed E-state index contributed by atoms with van der Waals surface area (Å²) < 4.78 is 16.5. The van der Waals surface area contributed by atoms with Gasteiger partial charge < -0.3 is 4.40 Å². The standard InChI is InChI=1S/C16H19BrFN3/c1-16(4-5-16)21-6-2-11(3-7-21)14-10-20-9-12(17)8-13(18)15(20)19-14/h8-11H,2-7H2,1H3. The van der Waals surface area contributed by atoms with Gasteiger partial charge in [0.05, 0.1) is 5.69 Å². The van der Waals surface area contributed by atoms with Gasteiger partial charge in [-0.1, -0.05) is 0 Å². The van der Waals surface area contributed by atoms with E-state index in [-0.39, 0.29) is 5.82 Å². The largest absolute Gasteiger partial charge is 0.303 e. The highest BCUT2D eigenvalue weighted by Gasteiger charge is 2.44. The van der Waals surface area contributed by atoms with Crippen LogP contribution in [-0.2, 0) is 0 Å². The van der Waals surface area contributed by atoms with Crippen LogP contribution in [0.2, 0.25) is 0 Å². The number of piperidine rings is 1. The minimum absolute atomic E-state index is 0.265. The Balaban J connectivity index is 1.56. The van der Waals surface area contributed by atoms with Crippen LogP contribution in [0, 0.1) is 5.82 Å². The number of aromatic nitrogens is 2. The van der Waals surface area contributed by atoms with E-state index in [0.717, 1.165) is 36.1 Å². The summed E-state index contributed by atoms with van der Waals surface area (Å²) in [6.45, 7) is 4.65. The minimum Gasteiger partial charge on any atom is -0.303 e. The molecule has 3 heterocycles. The van der Waals surface area contributed by atoms with E-state index in [1.807, 2.05) is 12.4 Å². The molecule has 0 unspecified atom stereocenters. The Labute approximate surface area is 132 Å². The number of rotatable bonds is 2. The molecule has 5 heteroatoms. The molecule has 0 N–H and O–H groups in total. The lowest BCUT2D eigenvalue weighted by atomic mass is 9.93. The van der Waals surface area contributed by atoms with Gasteiger partial charge in [0, 0.05) is 28.3 Å². The highest BCUT2D eigenvalue weighted by atomic mass is 79.9. The molecule has 1 aliphatic heterocycles. The number of fused-ring (bicyclic) bond motifs is 1. The van der Waals surface area contributed by atoms with Crippen molar-refractivity contribution in [1.29, 1.82) is 0 Å². The van der Waals surface area contributed by atoms with Gasteiger partial charge in [-0.05, 0) is 67.7 Å². The third-order valence-corrected chi connectivity index (χ3v) is 5.58. The summed E-state index contributed by atoms with van der Waals surface area (Å²) >= 11 is 3.33. The van der Waals surface area contributed by atoms with Crippen LogP contribution >= 0.6 is 15.9 Å². The van der Waals surface area contributed by atoms with E-state index in [4.69, 9.17) is 0 Å². The average molecular weight is 352 g/mol. The van der Waals surface area contributed by atoms with Crippen LogP contribution in [0.1, 0.15) is 44.2 Å². The first kappa shape index (κ1) is 13.7. The maximum Gasteiger partial charge on any atom is 0.173 e. The fraction of sp³-hybridized carbons (Fsp3) is 0.562. The van der Waals surface area contributed by atoms with E-state index in [1.165, 1.54) is 18.9 Å². The summed E-state index contributed by atoms with van der Waals surface area (Å²) in [6.07, 6.45) is 8.79. The molecule has 0 atom stereocenters. The van der Waals surface area contributed by atoms with Crippen molar-refractivity contribution in [2.75, 3.05) is 13.1 Å². The van der Waals surface area contributed by atoms with Gasteiger partial charge >= 0.3 is 0 Å². The molecule has 3 nitrogen and oxygen atoms in total. The van der Waals surface area contributed by atoms with E-state index in [0.29, 0.717) is 17.1 Å². The Bertz CT molecular complexity index is 684. The molecule has 4 rings (SSSR count). The second-order valence-corrected chi connectivity index (χ2v) is 7.58. The van der Waals surface area contributed by atoms with Gasteiger partial charge in [0.2, 0.25) is 0 Å². The first-order valence-electron chi connectivity index (χ1n) is 7.64. The number of nitrogens with zero attached hydrogens (tertiary/aromatic N) is 3. The van der Waals surface area contributed by atoms with E-state index in [2.05, 4.69) is 32.7 Å². The molecule has 2 aromatic rings. The summed E-state index contributed by atoms with van der Waals surface area (Å²) in [6, 6.07) is 1.47. The number of imidazole rings is 1. The number of likely N-dealkylation sites (tertiary alicyclic amines) is 1. The lowest BCUT2D eigenvalue weighted by molar-refractivity contribution is 0.146. The van der Waals surface area contributed by atoms with Crippen LogP contribution in [0.25, 0.3) is 5.65 Å². The molecule has 2 aromatic heterocycles. The lowest BCUT2D eigenvalue weighted by Gasteiger charge is -2.35. The molecule has 1 saturated heterocycles. The van der Waals surface area contributed by atoms with Gasteiger partial charge in [-0.2, -0.15) is 0 Å². The van der Waals surface area contributed by atoms with Crippen molar-refractivity contribution in [2.24, 2.45) is 0 Å².